The average Bonchev–Trinajstić information content (AvgIpc) is 2.34. The van der Waals surface area contributed by atoms with Gasteiger partial charge >= 0.3 is 5.97 Å². The lowest BCUT2D eigenvalue weighted by molar-refractivity contribution is 0.0696. The molecule has 0 bridgehead atoms. The maximum absolute atomic E-state index is 12.9. The van der Waals surface area contributed by atoms with E-state index in [9.17, 15) is 13.6 Å². The van der Waals surface area contributed by atoms with Crippen LogP contribution in [-0.4, -0.2) is 16.1 Å². The minimum atomic E-state index is -1.11. The van der Waals surface area contributed by atoms with E-state index >= 15 is 0 Å². The number of ether oxygens (including phenoxy) is 1. The Balaban J connectivity index is 2.18. The third kappa shape index (κ3) is 2.60. The highest BCUT2D eigenvalue weighted by molar-refractivity contribution is 5.87. The van der Waals surface area contributed by atoms with E-state index in [-0.39, 0.29) is 17.2 Å². The van der Waals surface area contributed by atoms with Crippen molar-refractivity contribution in [3.8, 4) is 11.6 Å². The number of hydrogen-bond acceptors (Lipinski definition) is 3. The van der Waals surface area contributed by atoms with E-state index in [0.717, 1.165) is 18.3 Å². The van der Waals surface area contributed by atoms with Crippen molar-refractivity contribution in [1.29, 1.82) is 0 Å². The number of aromatic carboxylic acids is 1. The summed E-state index contributed by atoms with van der Waals surface area (Å²) in [7, 11) is 0. The van der Waals surface area contributed by atoms with Gasteiger partial charge < -0.3 is 9.84 Å². The van der Waals surface area contributed by atoms with Gasteiger partial charge in [0.2, 0.25) is 5.88 Å². The zero-order valence-corrected chi connectivity index (χ0v) is 8.93. The van der Waals surface area contributed by atoms with Crippen molar-refractivity contribution in [2.24, 2.45) is 0 Å². The Bertz CT molecular complexity index is 584. The zero-order valence-electron chi connectivity index (χ0n) is 8.93. The second kappa shape index (κ2) is 4.79. The Kier molecular flexibility index (Phi) is 3.18. The molecule has 6 heteroatoms. The highest BCUT2D eigenvalue weighted by Crippen LogP contribution is 2.21. The molecule has 0 aliphatic carbocycles. The summed E-state index contributed by atoms with van der Waals surface area (Å²) in [6.45, 7) is 0. The lowest BCUT2D eigenvalue weighted by Gasteiger charge is -2.04. The molecule has 92 valence electrons. The molecular formula is C12H7F2NO3. The van der Waals surface area contributed by atoms with Gasteiger partial charge in [0.05, 0.1) is 5.56 Å². The normalized spacial score (nSPS) is 10.1. The van der Waals surface area contributed by atoms with E-state index in [0.29, 0.717) is 0 Å². The van der Waals surface area contributed by atoms with E-state index in [2.05, 4.69) is 4.98 Å². The number of nitrogens with zero attached hydrogens (tertiary/aromatic N) is 1. The number of carboxylic acid groups (broad SMARTS) is 1. The maximum Gasteiger partial charge on any atom is 0.337 e. The number of carboxylic acids is 1. The molecule has 1 aromatic heterocycles. The fourth-order valence-electron chi connectivity index (χ4n) is 1.23. The predicted octanol–water partition coefficient (Wildman–Crippen LogP) is 2.85. The summed E-state index contributed by atoms with van der Waals surface area (Å²) in [5.41, 5.74) is 0.00707. The van der Waals surface area contributed by atoms with Gasteiger partial charge in [0.1, 0.15) is 5.75 Å². The molecule has 18 heavy (non-hydrogen) atoms. The Morgan fingerprint density at radius 1 is 1.17 bits per heavy atom. The van der Waals surface area contributed by atoms with Gasteiger partial charge in [-0.15, -0.1) is 0 Å². The van der Waals surface area contributed by atoms with Gasteiger partial charge in [-0.1, -0.05) is 0 Å². The molecule has 0 aliphatic rings. The summed E-state index contributed by atoms with van der Waals surface area (Å²) in [5, 5.41) is 8.66. The highest BCUT2D eigenvalue weighted by atomic mass is 19.2. The van der Waals surface area contributed by atoms with Crippen LogP contribution in [0.1, 0.15) is 10.4 Å². The number of hydrogen-bond donors (Lipinski definition) is 1. The van der Waals surface area contributed by atoms with Gasteiger partial charge in [-0.05, 0) is 18.2 Å². The van der Waals surface area contributed by atoms with E-state index < -0.39 is 17.6 Å². The van der Waals surface area contributed by atoms with Crippen molar-refractivity contribution in [2.75, 3.05) is 0 Å². The largest absolute Gasteiger partial charge is 0.478 e. The molecule has 0 aliphatic heterocycles. The summed E-state index contributed by atoms with van der Waals surface area (Å²) in [5.74, 6) is -2.96. The lowest BCUT2D eigenvalue weighted by atomic mass is 10.3. The first-order chi connectivity index (χ1) is 8.56. The van der Waals surface area contributed by atoms with Crippen molar-refractivity contribution in [3.63, 3.8) is 0 Å². The third-order valence-corrected chi connectivity index (χ3v) is 2.10. The van der Waals surface area contributed by atoms with Crippen molar-refractivity contribution in [3.05, 3.63) is 53.7 Å². The molecule has 0 fully saturated rings. The summed E-state index contributed by atoms with van der Waals surface area (Å²) < 4.78 is 30.7. The maximum atomic E-state index is 12.9. The highest BCUT2D eigenvalue weighted by Gasteiger charge is 2.06. The number of carbonyl (C=O) groups is 1. The van der Waals surface area contributed by atoms with E-state index in [1.165, 1.54) is 18.2 Å². The molecule has 0 spiro atoms. The van der Waals surface area contributed by atoms with E-state index in [1.54, 1.807) is 0 Å². The number of benzene rings is 1. The SMILES string of the molecule is O=C(O)c1ccc(Oc2ccc(F)c(F)c2)nc1. The van der Waals surface area contributed by atoms with Gasteiger partial charge in [0.15, 0.2) is 11.6 Å². The number of pyridine rings is 1. The first-order valence-electron chi connectivity index (χ1n) is 4.88. The minimum Gasteiger partial charge on any atom is -0.478 e. The molecule has 4 nitrogen and oxygen atoms in total. The molecule has 0 amide bonds. The van der Waals surface area contributed by atoms with Crippen LogP contribution in [0.15, 0.2) is 36.5 Å². The fourth-order valence-corrected chi connectivity index (χ4v) is 1.23. The van der Waals surface area contributed by atoms with Gasteiger partial charge in [-0.25, -0.2) is 18.6 Å². The van der Waals surface area contributed by atoms with E-state index in [4.69, 9.17) is 9.84 Å². The van der Waals surface area contributed by atoms with Crippen molar-refractivity contribution in [2.45, 2.75) is 0 Å². The van der Waals surface area contributed by atoms with Crippen LogP contribution in [0.3, 0.4) is 0 Å². The standard InChI is InChI=1S/C12H7F2NO3/c13-9-3-2-8(5-10(9)14)18-11-4-1-7(6-15-11)12(16)17/h1-6H,(H,16,17). The van der Waals surface area contributed by atoms with Crippen molar-refractivity contribution < 1.29 is 23.4 Å². The summed E-state index contributed by atoms with van der Waals surface area (Å²) >= 11 is 0. The molecule has 0 atom stereocenters. The monoisotopic (exact) mass is 251 g/mol. The molecule has 0 radical (unpaired) electrons. The van der Waals surface area contributed by atoms with Gasteiger partial charge in [0, 0.05) is 18.3 Å². The summed E-state index contributed by atoms with van der Waals surface area (Å²) in [6.07, 6.45) is 1.11. The fraction of sp³-hybridized carbons (Fsp3) is 0. The molecule has 0 saturated carbocycles. The zero-order chi connectivity index (χ0) is 13.1. The molecule has 1 N–H and O–H groups in total. The predicted molar refractivity (Wildman–Crippen MR) is 57.6 cm³/mol. The lowest BCUT2D eigenvalue weighted by Crippen LogP contribution is -1.97. The first kappa shape index (κ1) is 12.0. The molecule has 2 rings (SSSR count). The summed E-state index contributed by atoms with van der Waals surface area (Å²) in [4.78, 5) is 14.3. The molecule has 2 aromatic rings. The first-order valence-corrected chi connectivity index (χ1v) is 4.88. The quantitative estimate of drug-likeness (QED) is 0.911. The second-order valence-corrected chi connectivity index (χ2v) is 3.37. The Hall–Kier alpha value is -2.50. The van der Waals surface area contributed by atoms with Crippen molar-refractivity contribution >= 4 is 5.97 Å². The van der Waals surface area contributed by atoms with Crippen LogP contribution < -0.4 is 4.74 Å². The van der Waals surface area contributed by atoms with Crippen LogP contribution in [-0.2, 0) is 0 Å². The van der Waals surface area contributed by atoms with Gasteiger partial charge in [-0.2, -0.15) is 0 Å². The van der Waals surface area contributed by atoms with Gasteiger partial charge in [-0.3, -0.25) is 0 Å². The van der Waals surface area contributed by atoms with Crippen molar-refractivity contribution in [1.82, 2.24) is 4.98 Å². The molecule has 0 unspecified atom stereocenters. The van der Waals surface area contributed by atoms with Crippen LogP contribution in [0.4, 0.5) is 8.78 Å². The average molecular weight is 251 g/mol. The topological polar surface area (TPSA) is 59.4 Å². The molecular weight excluding hydrogens is 244 g/mol. The Morgan fingerprint density at radius 3 is 2.50 bits per heavy atom. The van der Waals surface area contributed by atoms with Crippen LogP contribution in [0, 0.1) is 11.6 Å². The van der Waals surface area contributed by atoms with Crippen LogP contribution in [0.5, 0.6) is 11.6 Å². The Morgan fingerprint density at radius 2 is 1.94 bits per heavy atom. The summed E-state index contributed by atoms with van der Waals surface area (Å²) in [6, 6.07) is 5.67. The van der Waals surface area contributed by atoms with Gasteiger partial charge in [0.25, 0.3) is 0 Å². The number of halogens is 2. The Labute approximate surface area is 100 Å². The number of aromatic nitrogens is 1. The molecule has 1 aromatic carbocycles. The number of rotatable bonds is 3. The minimum absolute atomic E-state index is 0.00707. The second-order valence-electron chi connectivity index (χ2n) is 3.37. The smallest absolute Gasteiger partial charge is 0.337 e. The van der Waals surface area contributed by atoms with Crippen LogP contribution in [0.2, 0.25) is 0 Å². The van der Waals surface area contributed by atoms with Crippen LogP contribution >= 0.6 is 0 Å². The van der Waals surface area contributed by atoms with Crippen LogP contribution in [0.25, 0.3) is 0 Å². The third-order valence-electron chi connectivity index (χ3n) is 2.10. The molecule has 1 heterocycles. The molecule has 0 saturated heterocycles. The van der Waals surface area contributed by atoms with E-state index in [1.807, 2.05) is 0 Å².